The summed E-state index contributed by atoms with van der Waals surface area (Å²) in [6.45, 7) is 0. The molecule has 0 bridgehead atoms. The lowest BCUT2D eigenvalue weighted by molar-refractivity contribution is 0.0485. The van der Waals surface area contributed by atoms with Crippen LogP contribution < -0.4 is 14.2 Å². The molecule has 0 unspecified atom stereocenters. The largest absolute Gasteiger partial charge is 0.481 e. The summed E-state index contributed by atoms with van der Waals surface area (Å²) in [4.78, 5) is 1.15. The van der Waals surface area contributed by atoms with Gasteiger partial charge in [0.1, 0.15) is 11.7 Å². The van der Waals surface area contributed by atoms with Crippen LogP contribution in [0, 0.1) is 0 Å². The van der Waals surface area contributed by atoms with Crippen LogP contribution in [-0.2, 0) is 0 Å². The first-order valence-electron chi connectivity index (χ1n) is 5.72. The van der Waals surface area contributed by atoms with Gasteiger partial charge in [-0.15, -0.1) is 0 Å². The Morgan fingerprint density at radius 1 is 0.944 bits per heavy atom. The van der Waals surface area contributed by atoms with Crippen LogP contribution in [0.3, 0.4) is 0 Å². The highest BCUT2D eigenvalue weighted by Crippen LogP contribution is 2.43. The first-order chi connectivity index (χ1) is 8.90. The molecule has 0 aromatic heterocycles. The van der Waals surface area contributed by atoms with E-state index in [2.05, 4.69) is 6.07 Å². The van der Waals surface area contributed by atoms with E-state index in [0.717, 1.165) is 27.7 Å². The van der Waals surface area contributed by atoms with Crippen molar-refractivity contribution < 1.29 is 14.2 Å². The Morgan fingerprint density at radius 2 is 1.72 bits per heavy atom. The Hall–Kier alpha value is -1.81. The van der Waals surface area contributed by atoms with Gasteiger partial charge >= 0.3 is 0 Å². The summed E-state index contributed by atoms with van der Waals surface area (Å²) in [7, 11) is 0. The van der Waals surface area contributed by atoms with E-state index >= 15 is 0 Å². The van der Waals surface area contributed by atoms with Gasteiger partial charge in [-0.1, -0.05) is 23.9 Å². The van der Waals surface area contributed by atoms with Gasteiger partial charge in [0.05, 0.1) is 4.90 Å². The molecule has 4 rings (SSSR count). The molecule has 0 aliphatic carbocycles. The van der Waals surface area contributed by atoms with Crippen molar-refractivity contribution in [1.29, 1.82) is 0 Å². The Labute approximate surface area is 109 Å². The van der Waals surface area contributed by atoms with Gasteiger partial charge in [-0.3, -0.25) is 0 Å². The number of benzene rings is 2. The highest BCUT2D eigenvalue weighted by atomic mass is 32.2. The molecular weight excluding hydrogens is 248 g/mol. The van der Waals surface area contributed by atoms with E-state index in [9.17, 15) is 0 Å². The van der Waals surface area contributed by atoms with E-state index in [1.165, 1.54) is 0 Å². The van der Waals surface area contributed by atoms with Crippen LogP contribution >= 0.6 is 11.8 Å². The minimum Gasteiger partial charge on any atom is -0.481 e. The summed E-state index contributed by atoms with van der Waals surface area (Å²) in [5.74, 6) is 3.23. The molecule has 0 amide bonds. The van der Waals surface area contributed by atoms with Crippen LogP contribution in [0.2, 0.25) is 0 Å². The highest BCUT2D eigenvalue weighted by Gasteiger charge is 2.26. The Kier molecular flexibility index (Phi) is 2.17. The number of thioether (sulfide) groups is 1. The second-order valence-electron chi connectivity index (χ2n) is 4.13. The predicted molar refractivity (Wildman–Crippen MR) is 68.2 cm³/mol. The third-order valence-corrected chi connectivity index (χ3v) is 3.85. The van der Waals surface area contributed by atoms with Gasteiger partial charge in [0, 0.05) is 5.56 Å². The highest BCUT2D eigenvalue weighted by molar-refractivity contribution is 7.99. The van der Waals surface area contributed by atoms with E-state index in [1.54, 1.807) is 11.8 Å². The van der Waals surface area contributed by atoms with Crippen molar-refractivity contribution in [1.82, 2.24) is 0 Å². The quantitative estimate of drug-likeness (QED) is 0.781. The Morgan fingerprint density at radius 3 is 2.50 bits per heavy atom. The predicted octanol–water partition coefficient (Wildman–Crippen LogP) is 3.60. The Bertz CT molecular complexity index is 587. The molecule has 18 heavy (non-hydrogen) atoms. The van der Waals surface area contributed by atoms with E-state index in [1.807, 2.05) is 36.4 Å². The van der Waals surface area contributed by atoms with Crippen LogP contribution in [-0.4, -0.2) is 5.94 Å². The SMILES string of the molecule is c1ccc2c(c1)OC(c1ccc3c(c1)SCO3)O2. The number of fused-ring (bicyclic) bond motifs is 2. The molecule has 2 heterocycles. The molecule has 0 fully saturated rings. The van der Waals surface area contributed by atoms with Crippen LogP contribution in [0.4, 0.5) is 0 Å². The molecule has 0 saturated heterocycles. The summed E-state index contributed by atoms with van der Waals surface area (Å²) in [6.07, 6.45) is -0.353. The van der Waals surface area contributed by atoms with Gasteiger partial charge < -0.3 is 14.2 Å². The maximum Gasteiger partial charge on any atom is 0.268 e. The fourth-order valence-electron chi connectivity index (χ4n) is 2.10. The van der Waals surface area contributed by atoms with Crippen molar-refractivity contribution >= 4 is 11.8 Å². The summed E-state index contributed by atoms with van der Waals surface area (Å²) in [5, 5.41) is 0. The van der Waals surface area contributed by atoms with E-state index in [-0.39, 0.29) is 6.29 Å². The van der Waals surface area contributed by atoms with Crippen LogP contribution in [0.5, 0.6) is 17.2 Å². The standard InChI is InChI=1S/C14H10O3S/c1-2-4-11-10(3-1)16-14(17-11)9-5-6-12-13(7-9)18-8-15-12/h1-7,14H,8H2. The summed E-state index contributed by atoms with van der Waals surface area (Å²) in [5.41, 5.74) is 1.02. The molecule has 2 aromatic rings. The molecule has 90 valence electrons. The van der Waals surface area contributed by atoms with Crippen LogP contribution in [0.1, 0.15) is 11.9 Å². The molecule has 3 nitrogen and oxygen atoms in total. The number of hydrogen-bond donors (Lipinski definition) is 0. The zero-order valence-electron chi connectivity index (χ0n) is 9.46. The van der Waals surface area contributed by atoms with Gasteiger partial charge in [-0.25, -0.2) is 0 Å². The van der Waals surface area contributed by atoms with Crippen molar-refractivity contribution in [2.75, 3.05) is 5.94 Å². The zero-order chi connectivity index (χ0) is 11.9. The number of rotatable bonds is 1. The second kappa shape index (κ2) is 3.85. The van der Waals surface area contributed by atoms with Crippen molar-refractivity contribution in [3.63, 3.8) is 0 Å². The van der Waals surface area contributed by atoms with Crippen LogP contribution in [0.25, 0.3) is 0 Å². The first-order valence-corrected chi connectivity index (χ1v) is 6.70. The lowest BCUT2D eigenvalue weighted by atomic mass is 10.2. The maximum atomic E-state index is 5.78. The van der Waals surface area contributed by atoms with E-state index in [0.29, 0.717) is 5.94 Å². The fraction of sp³-hybridized carbons (Fsp3) is 0.143. The second-order valence-corrected chi connectivity index (χ2v) is 5.09. The topological polar surface area (TPSA) is 27.7 Å². The van der Waals surface area contributed by atoms with Crippen molar-refractivity contribution in [2.24, 2.45) is 0 Å². The summed E-state index contributed by atoms with van der Waals surface area (Å²) in [6, 6.07) is 13.8. The van der Waals surface area contributed by atoms with E-state index < -0.39 is 0 Å². The average Bonchev–Trinajstić information content (AvgIpc) is 3.04. The normalized spacial score (nSPS) is 16.4. The maximum absolute atomic E-state index is 5.78. The van der Waals surface area contributed by atoms with Gasteiger partial charge in [0.25, 0.3) is 6.29 Å². The molecule has 0 radical (unpaired) electrons. The molecule has 0 N–H and O–H groups in total. The number of hydrogen-bond acceptors (Lipinski definition) is 4. The third kappa shape index (κ3) is 1.53. The van der Waals surface area contributed by atoms with E-state index in [4.69, 9.17) is 14.2 Å². The fourth-order valence-corrected chi connectivity index (χ4v) is 2.90. The third-order valence-electron chi connectivity index (χ3n) is 2.99. The summed E-state index contributed by atoms with van der Waals surface area (Å²) >= 11 is 1.69. The van der Waals surface area contributed by atoms with Gasteiger partial charge in [0.15, 0.2) is 11.5 Å². The number of para-hydroxylation sites is 2. The van der Waals surface area contributed by atoms with Crippen LogP contribution in [0.15, 0.2) is 47.4 Å². The minimum atomic E-state index is -0.353. The first kappa shape index (κ1) is 10.1. The lowest BCUT2D eigenvalue weighted by Gasteiger charge is -2.11. The van der Waals surface area contributed by atoms with Gasteiger partial charge in [0.2, 0.25) is 0 Å². The number of ether oxygens (including phenoxy) is 3. The van der Waals surface area contributed by atoms with Gasteiger partial charge in [-0.05, 0) is 30.3 Å². The molecule has 2 aliphatic heterocycles. The zero-order valence-corrected chi connectivity index (χ0v) is 10.3. The molecule has 0 spiro atoms. The monoisotopic (exact) mass is 258 g/mol. The molecule has 4 heteroatoms. The van der Waals surface area contributed by atoms with Crippen molar-refractivity contribution in [3.05, 3.63) is 48.0 Å². The molecule has 0 atom stereocenters. The average molecular weight is 258 g/mol. The smallest absolute Gasteiger partial charge is 0.268 e. The summed E-state index contributed by atoms with van der Waals surface area (Å²) < 4.78 is 17.0. The van der Waals surface area contributed by atoms with Gasteiger partial charge in [-0.2, -0.15) is 0 Å². The Balaban J connectivity index is 1.66. The molecule has 2 aromatic carbocycles. The van der Waals surface area contributed by atoms with Crippen molar-refractivity contribution in [2.45, 2.75) is 11.2 Å². The molecular formula is C14H10O3S. The van der Waals surface area contributed by atoms with Crippen molar-refractivity contribution in [3.8, 4) is 17.2 Å². The molecule has 2 aliphatic rings. The lowest BCUT2D eigenvalue weighted by Crippen LogP contribution is -2.07. The molecule has 0 saturated carbocycles. The minimum absolute atomic E-state index is 0.353.